The van der Waals surface area contributed by atoms with Crippen LogP contribution in [0.15, 0.2) is 24.3 Å². The Kier molecular flexibility index (Phi) is 5.54. The van der Waals surface area contributed by atoms with Crippen LogP contribution in [0.3, 0.4) is 0 Å². The van der Waals surface area contributed by atoms with Gasteiger partial charge in [-0.05, 0) is 26.0 Å². The molecule has 0 bridgehead atoms. The zero-order chi connectivity index (χ0) is 17.0. The van der Waals surface area contributed by atoms with Crippen molar-refractivity contribution in [3.8, 4) is 11.6 Å². The van der Waals surface area contributed by atoms with E-state index in [0.29, 0.717) is 10.9 Å². The van der Waals surface area contributed by atoms with Crippen LogP contribution in [0.4, 0.5) is 0 Å². The molecular weight excluding hydrogens is 341 g/mol. The topological polar surface area (TPSA) is 98.1 Å². The fourth-order valence-corrected chi connectivity index (χ4v) is 2.65. The number of benzene rings is 1. The van der Waals surface area contributed by atoms with Crippen molar-refractivity contribution >= 4 is 35.4 Å². The molecule has 7 nitrogen and oxygen atoms in total. The van der Waals surface area contributed by atoms with Crippen molar-refractivity contribution in [2.75, 3.05) is 13.2 Å². The van der Waals surface area contributed by atoms with Gasteiger partial charge in [-0.1, -0.05) is 12.1 Å². The lowest BCUT2D eigenvalue weighted by atomic mass is 10.1. The van der Waals surface area contributed by atoms with Crippen molar-refractivity contribution in [1.29, 1.82) is 0 Å². The van der Waals surface area contributed by atoms with Crippen molar-refractivity contribution in [3.05, 3.63) is 29.8 Å². The van der Waals surface area contributed by atoms with Gasteiger partial charge in [0.25, 0.3) is 0 Å². The normalized spacial score (nSPS) is 11.3. The number of nitrogens with zero attached hydrogens (tertiary/aromatic N) is 1. The van der Waals surface area contributed by atoms with Crippen LogP contribution in [0.25, 0.3) is 10.9 Å². The molecule has 1 heterocycles. The number of fused-ring (bicyclic) bond motifs is 1. The van der Waals surface area contributed by atoms with Crippen molar-refractivity contribution in [1.82, 2.24) is 4.98 Å². The van der Waals surface area contributed by atoms with E-state index in [1.165, 1.54) is 0 Å². The van der Waals surface area contributed by atoms with E-state index >= 15 is 0 Å². The third-order valence-corrected chi connectivity index (χ3v) is 3.43. The summed E-state index contributed by atoms with van der Waals surface area (Å²) >= 11 is 4.54. The Morgan fingerprint density at radius 3 is 2.57 bits per heavy atom. The van der Waals surface area contributed by atoms with Gasteiger partial charge in [-0.15, -0.1) is 0 Å². The van der Waals surface area contributed by atoms with Gasteiger partial charge in [0.1, 0.15) is 0 Å². The molecular formula is C14H16NO6PS. The zero-order valence-corrected chi connectivity index (χ0v) is 14.3. The maximum Gasteiger partial charge on any atom is 0.375 e. The van der Waals surface area contributed by atoms with Crippen molar-refractivity contribution in [2.24, 2.45) is 0 Å². The van der Waals surface area contributed by atoms with Crippen molar-refractivity contribution < 1.29 is 28.6 Å². The van der Waals surface area contributed by atoms with E-state index in [0.717, 1.165) is 0 Å². The summed E-state index contributed by atoms with van der Waals surface area (Å²) in [6.45, 7) is -0.313. The summed E-state index contributed by atoms with van der Waals surface area (Å²) in [7, 11) is 0. The predicted octanol–water partition coefficient (Wildman–Crippen LogP) is 2.40. The SMILES string of the molecule is CCOC(=O)c1c(OCC)nc2ccccc2c1OP(O)(O)=S. The largest absolute Gasteiger partial charge is 0.477 e. The highest BCUT2D eigenvalue weighted by Gasteiger charge is 2.27. The van der Waals surface area contributed by atoms with E-state index in [1.807, 2.05) is 0 Å². The molecule has 0 atom stereocenters. The third kappa shape index (κ3) is 4.17. The minimum Gasteiger partial charge on any atom is -0.477 e. The minimum atomic E-state index is -4.07. The standard InChI is InChI=1S/C14H16NO6PS/c1-3-19-13-11(14(16)20-4-2)12(21-22(17,18)23)9-7-5-6-8-10(9)15-13/h5-8H,3-4H2,1-2H3,(H2,17,18,23). The number of aromatic nitrogens is 1. The number of esters is 1. The minimum absolute atomic E-state index is 0.0110. The third-order valence-electron chi connectivity index (χ3n) is 2.78. The fourth-order valence-electron chi connectivity index (χ4n) is 2.00. The average Bonchev–Trinajstić information content (AvgIpc) is 2.46. The van der Waals surface area contributed by atoms with Crippen molar-refractivity contribution in [3.63, 3.8) is 0 Å². The fraction of sp³-hybridized carbons (Fsp3) is 0.286. The smallest absolute Gasteiger partial charge is 0.375 e. The van der Waals surface area contributed by atoms with E-state index in [-0.39, 0.29) is 30.4 Å². The molecule has 2 N–H and O–H groups in total. The molecule has 0 saturated heterocycles. The van der Waals surface area contributed by atoms with Gasteiger partial charge in [-0.25, -0.2) is 9.78 Å². The number of para-hydroxylation sites is 1. The monoisotopic (exact) mass is 357 g/mol. The average molecular weight is 357 g/mol. The Balaban J connectivity index is 2.79. The van der Waals surface area contributed by atoms with Gasteiger partial charge in [-0.3, -0.25) is 0 Å². The number of hydrogen-bond acceptors (Lipinski definition) is 6. The summed E-state index contributed by atoms with van der Waals surface area (Å²) in [5, 5.41) is 0.399. The zero-order valence-electron chi connectivity index (χ0n) is 12.6. The molecule has 0 amide bonds. The van der Waals surface area contributed by atoms with Gasteiger partial charge in [0.15, 0.2) is 11.3 Å². The second-order valence-corrected chi connectivity index (χ2v) is 6.96. The number of pyridine rings is 1. The highest BCUT2D eigenvalue weighted by molar-refractivity contribution is 8.06. The first-order valence-electron chi connectivity index (χ1n) is 6.85. The Morgan fingerprint density at radius 1 is 1.26 bits per heavy atom. The second-order valence-electron chi connectivity index (χ2n) is 4.37. The van der Waals surface area contributed by atoms with Crippen LogP contribution in [-0.2, 0) is 16.5 Å². The van der Waals surface area contributed by atoms with Crippen LogP contribution in [0, 0.1) is 0 Å². The van der Waals surface area contributed by atoms with E-state index in [1.54, 1.807) is 38.1 Å². The summed E-state index contributed by atoms with van der Waals surface area (Å²) in [6, 6.07) is 6.75. The molecule has 2 rings (SSSR count). The van der Waals surface area contributed by atoms with Crippen LogP contribution >= 0.6 is 6.72 Å². The van der Waals surface area contributed by atoms with Gasteiger partial charge >= 0.3 is 12.7 Å². The molecule has 124 valence electrons. The summed E-state index contributed by atoms with van der Waals surface area (Å²) in [6.07, 6.45) is 0. The maximum atomic E-state index is 12.3. The van der Waals surface area contributed by atoms with Crippen molar-refractivity contribution in [2.45, 2.75) is 13.8 Å². The number of rotatable bonds is 6. The molecule has 0 aliphatic heterocycles. The number of ether oxygens (including phenoxy) is 2. The van der Waals surface area contributed by atoms with Gasteiger partial charge in [0.05, 0.1) is 18.7 Å². The van der Waals surface area contributed by atoms with Crippen LogP contribution in [-0.4, -0.2) is 34.0 Å². The highest BCUT2D eigenvalue weighted by atomic mass is 32.5. The highest BCUT2D eigenvalue weighted by Crippen LogP contribution is 2.45. The number of hydrogen-bond donors (Lipinski definition) is 2. The van der Waals surface area contributed by atoms with Gasteiger partial charge < -0.3 is 23.8 Å². The predicted molar refractivity (Wildman–Crippen MR) is 88.2 cm³/mol. The van der Waals surface area contributed by atoms with Gasteiger partial charge in [0.2, 0.25) is 5.88 Å². The Morgan fingerprint density at radius 2 is 1.96 bits per heavy atom. The van der Waals surface area contributed by atoms with Crippen LogP contribution in [0.1, 0.15) is 24.2 Å². The van der Waals surface area contributed by atoms with E-state index in [2.05, 4.69) is 16.8 Å². The van der Waals surface area contributed by atoms with Gasteiger partial charge in [0, 0.05) is 17.2 Å². The lowest BCUT2D eigenvalue weighted by molar-refractivity contribution is 0.0519. The molecule has 1 aromatic heterocycles. The summed E-state index contributed by atoms with van der Waals surface area (Å²) < 4.78 is 15.5. The molecule has 23 heavy (non-hydrogen) atoms. The first-order valence-corrected chi connectivity index (χ1v) is 9.47. The number of carbonyl (C=O) groups excluding carboxylic acids is 1. The molecule has 0 aliphatic rings. The van der Waals surface area contributed by atoms with Crippen LogP contribution in [0.5, 0.6) is 11.6 Å². The van der Waals surface area contributed by atoms with Crippen LogP contribution < -0.4 is 9.26 Å². The maximum absolute atomic E-state index is 12.3. The molecule has 2 aromatic rings. The summed E-state index contributed by atoms with van der Waals surface area (Å²) in [5.41, 5.74) is 0.340. The molecule has 0 aliphatic carbocycles. The van der Waals surface area contributed by atoms with Crippen LogP contribution in [0.2, 0.25) is 0 Å². The summed E-state index contributed by atoms with van der Waals surface area (Å²) in [5.74, 6) is -0.860. The molecule has 0 saturated carbocycles. The lowest BCUT2D eigenvalue weighted by Gasteiger charge is -2.18. The first kappa shape index (κ1) is 17.6. The van der Waals surface area contributed by atoms with Gasteiger partial charge in [-0.2, -0.15) is 0 Å². The first-order chi connectivity index (χ1) is 10.9. The Bertz CT molecular complexity index is 775. The lowest BCUT2D eigenvalue weighted by Crippen LogP contribution is -2.12. The molecule has 0 radical (unpaired) electrons. The molecule has 9 heteroatoms. The van der Waals surface area contributed by atoms with E-state index in [9.17, 15) is 14.6 Å². The van der Waals surface area contributed by atoms with E-state index < -0.39 is 12.7 Å². The molecule has 1 aromatic carbocycles. The Labute approximate surface area is 138 Å². The van der Waals surface area contributed by atoms with E-state index in [4.69, 9.17) is 14.0 Å². The quantitative estimate of drug-likeness (QED) is 0.601. The molecule has 0 spiro atoms. The molecule has 0 unspecified atom stereocenters. The summed E-state index contributed by atoms with van der Waals surface area (Å²) in [4.78, 5) is 35.6. The molecule has 0 fully saturated rings. The second kappa shape index (κ2) is 7.23. The number of carbonyl (C=O) groups is 1. The Hall–Kier alpha value is -1.73.